The molecule has 1 aromatic rings. The van der Waals surface area contributed by atoms with Crippen LogP contribution >= 0.6 is 12.2 Å². The second-order valence-electron chi connectivity index (χ2n) is 6.45. The van der Waals surface area contributed by atoms with Gasteiger partial charge in [0.2, 0.25) is 5.91 Å². The maximum absolute atomic E-state index is 12.0. The zero-order valence-corrected chi connectivity index (χ0v) is 12.3. The molecule has 3 saturated carbocycles. The molecule has 5 nitrogen and oxygen atoms in total. The summed E-state index contributed by atoms with van der Waals surface area (Å²) in [6, 6.07) is 0. The number of carbonyl (C=O) groups excluding carboxylic acids is 1. The lowest BCUT2D eigenvalue weighted by atomic mass is 10.2. The third-order valence-corrected chi connectivity index (χ3v) is 5.08. The molecule has 0 bridgehead atoms. The number of nitrogens with one attached hydrogen (secondary N) is 2. The van der Waals surface area contributed by atoms with E-state index in [9.17, 15) is 4.79 Å². The molecule has 0 saturated heterocycles. The van der Waals surface area contributed by atoms with Crippen LogP contribution in [0.1, 0.15) is 43.8 Å². The average molecular weight is 292 g/mol. The first kappa shape index (κ1) is 12.6. The van der Waals surface area contributed by atoms with Crippen LogP contribution in [0, 0.1) is 22.5 Å². The molecule has 3 aliphatic rings. The van der Waals surface area contributed by atoms with Crippen molar-refractivity contribution >= 4 is 18.1 Å². The van der Waals surface area contributed by atoms with Crippen LogP contribution in [0.3, 0.4) is 0 Å². The van der Waals surface area contributed by atoms with Crippen LogP contribution in [0.15, 0.2) is 0 Å². The lowest BCUT2D eigenvalue weighted by Crippen LogP contribution is -2.29. The third kappa shape index (κ3) is 2.41. The Morgan fingerprint density at radius 1 is 1.40 bits per heavy atom. The molecule has 108 valence electrons. The minimum Gasteiger partial charge on any atom is -0.354 e. The predicted octanol–water partition coefficient (Wildman–Crippen LogP) is 1.98. The monoisotopic (exact) mass is 292 g/mol. The molecule has 2 N–H and O–H groups in total. The molecule has 3 aliphatic carbocycles. The second kappa shape index (κ2) is 4.69. The Bertz CT molecular complexity index is 584. The molecule has 2 atom stereocenters. The van der Waals surface area contributed by atoms with Crippen LogP contribution in [-0.2, 0) is 11.3 Å². The van der Waals surface area contributed by atoms with Crippen LogP contribution in [-0.4, -0.2) is 27.2 Å². The average Bonchev–Trinajstić information content (AvgIpc) is 3.29. The van der Waals surface area contributed by atoms with Gasteiger partial charge in [0, 0.05) is 24.9 Å². The van der Waals surface area contributed by atoms with Crippen molar-refractivity contribution in [1.29, 1.82) is 0 Å². The lowest BCUT2D eigenvalue weighted by Gasteiger charge is -2.08. The fourth-order valence-electron chi connectivity index (χ4n) is 3.18. The SMILES string of the molecule is O=C(NCCn1c(C2CC2)n[nH]c1=S)[C@@H]1C[C@H]1C1CC1. The number of H-pyrrole nitrogens is 1. The number of rotatable bonds is 6. The van der Waals surface area contributed by atoms with Crippen molar-refractivity contribution in [3.8, 4) is 0 Å². The molecular weight excluding hydrogens is 272 g/mol. The minimum atomic E-state index is 0.241. The van der Waals surface area contributed by atoms with Gasteiger partial charge in [0.15, 0.2) is 4.77 Å². The van der Waals surface area contributed by atoms with Crippen LogP contribution in [0.5, 0.6) is 0 Å². The van der Waals surface area contributed by atoms with Gasteiger partial charge in [0.25, 0.3) is 0 Å². The summed E-state index contributed by atoms with van der Waals surface area (Å²) in [5, 5.41) is 10.2. The van der Waals surface area contributed by atoms with Crippen LogP contribution in [0.4, 0.5) is 0 Å². The number of nitrogens with zero attached hydrogens (tertiary/aromatic N) is 2. The van der Waals surface area contributed by atoms with Crippen molar-refractivity contribution in [1.82, 2.24) is 20.1 Å². The van der Waals surface area contributed by atoms with E-state index < -0.39 is 0 Å². The molecule has 4 rings (SSSR count). The highest BCUT2D eigenvalue weighted by Crippen LogP contribution is 2.54. The molecule has 6 heteroatoms. The highest BCUT2D eigenvalue weighted by molar-refractivity contribution is 7.71. The first-order valence-electron chi connectivity index (χ1n) is 7.67. The van der Waals surface area contributed by atoms with Crippen LogP contribution in [0.25, 0.3) is 0 Å². The van der Waals surface area contributed by atoms with Crippen molar-refractivity contribution in [3.05, 3.63) is 10.6 Å². The maximum atomic E-state index is 12.0. The number of aromatic amines is 1. The van der Waals surface area contributed by atoms with Gasteiger partial charge in [-0.2, -0.15) is 5.10 Å². The van der Waals surface area contributed by atoms with E-state index in [2.05, 4.69) is 15.5 Å². The number of hydrogen-bond acceptors (Lipinski definition) is 3. The summed E-state index contributed by atoms with van der Waals surface area (Å²) in [4.78, 5) is 12.0. The Labute approximate surface area is 123 Å². The fraction of sp³-hybridized carbons (Fsp3) is 0.786. The van der Waals surface area contributed by atoms with Gasteiger partial charge in [-0.05, 0) is 56.2 Å². The van der Waals surface area contributed by atoms with Crippen molar-refractivity contribution in [2.24, 2.45) is 17.8 Å². The summed E-state index contributed by atoms with van der Waals surface area (Å²) in [5.74, 6) is 3.71. The molecule has 0 aromatic carbocycles. The van der Waals surface area contributed by atoms with Gasteiger partial charge in [-0.15, -0.1) is 0 Å². The van der Waals surface area contributed by atoms with Crippen LogP contribution < -0.4 is 5.32 Å². The zero-order valence-electron chi connectivity index (χ0n) is 11.5. The Hall–Kier alpha value is -1.17. The fourth-order valence-corrected chi connectivity index (χ4v) is 3.41. The Kier molecular flexibility index (Phi) is 2.94. The molecule has 1 aromatic heterocycles. The summed E-state index contributed by atoms with van der Waals surface area (Å²) < 4.78 is 2.71. The van der Waals surface area contributed by atoms with Crippen molar-refractivity contribution in [2.45, 2.75) is 44.6 Å². The Morgan fingerprint density at radius 2 is 2.20 bits per heavy atom. The number of carbonyl (C=O) groups is 1. The minimum absolute atomic E-state index is 0.241. The molecule has 0 spiro atoms. The lowest BCUT2D eigenvalue weighted by molar-refractivity contribution is -0.122. The van der Waals surface area contributed by atoms with E-state index in [-0.39, 0.29) is 5.91 Å². The normalized spacial score (nSPS) is 28.4. The third-order valence-electron chi connectivity index (χ3n) is 4.77. The molecule has 3 fully saturated rings. The van der Waals surface area contributed by atoms with E-state index in [0.717, 1.165) is 24.7 Å². The Morgan fingerprint density at radius 3 is 2.90 bits per heavy atom. The zero-order chi connectivity index (χ0) is 13.7. The van der Waals surface area contributed by atoms with Gasteiger partial charge in [-0.1, -0.05) is 0 Å². The highest BCUT2D eigenvalue weighted by Gasteiger charge is 2.50. The molecule has 0 aliphatic heterocycles. The first-order chi connectivity index (χ1) is 9.74. The smallest absolute Gasteiger partial charge is 0.223 e. The largest absolute Gasteiger partial charge is 0.354 e. The van der Waals surface area contributed by atoms with E-state index in [1.54, 1.807) is 0 Å². The first-order valence-corrected chi connectivity index (χ1v) is 8.07. The van der Waals surface area contributed by atoms with Crippen molar-refractivity contribution in [3.63, 3.8) is 0 Å². The number of aromatic nitrogens is 3. The molecular formula is C14H20N4OS. The van der Waals surface area contributed by atoms with Crippen molar-refractivity contribution < 1.29 is 4.79 Å². The topological polar surface area (TPSA) is 62.7 Å². The summed E-state index contributed by atoms with van der Waals surface area (Å²) in [6.45, 7) is 1.38. The second-order valence-corrected chi connectivity index (χ2v) is 6.83. The highest BCUT2D eigenvalue weighted by atomic mass is 32.1. The van der Waals surface area contributed by atoms with Gasteiger partial charge in [-0.25, -0.2) is 0 Å². The van der Waals surface area contributed by atoms with Gasteiger partial charge < -0.3 is 9.88 Å². The van der Waals surface area contributed by atoms with E-state index in [4.69, 9.17) is 12.2 Å². The number of amides is 1. The predicted molar refractivity (Wildman–Crippen MR) is 76.7 cm³/mol. The van der Waals surface area contributed by atoms with Gasteiger partial charge in [0.05, 0.1) is 0 Å². The van der Waals surface area contributed by atoms with Crippen LogP contribution in [0.2, 0.25) is 0 Å². The quantitative estimate of drug-likeness (QED) is 0.788. The summed E-state index contributed by atoms with van der Waals surface area (Å²) in [6.07, 6.45) is 6.19. The molecule has 1 heterocycles. The van der Waals surface area contributed by atoms with E-state index >= 15 is 0 Å². The molecule has 1 amide bonds. The molecule has 20 heavy (non-hydrogen) atoms. The van der Waals surface area contributed by atoms with Crippen molar-refractivity contribution in [2.75, 3.05) is 6.54 Å². The van der Waals surface area contributed by atoms with E-state index in [0.29, 0.717) is 29.1 Å². The van der Waals surface area contributed by atoms with Gasteiger partial charge in [-0.3, -0.25) is 9.89 Å². The van der Waals surface area contributed by atoms with Gasteiger partial charge >= 0.3 is 0 Å². The molecule has 0 unspecified atom stereocenters. The maximum Gasteiger partial charge on any atom is 0.223 e. The van der Waals surface area contributed by atoms with Gasteiger partial charge in [0.1, 0.15) is 5.82 Å². The summed E-state index contributed by atoms with van der Waals surface area (Å²) >= 11 is 5.26. The standard InChI is InChI=1S/C14H20N4OS/c19-13(11-7-10(11)8-1-2-8)15-5-6-18-12(9-3-4-9)16-17-14(18)20/h8-11H,1-7H2,(H,15,19)(H,17,20)/t10-,11+/m0/s1. The van der Waals surface area contributed by atoms with E-state index in [1.807, 2.05) is 4.57 Å². The molecule has 0 radical (unpaired) electrons. The summed E-state index contributed by atoms with van der Waals surface area (Å²) in [7, 11) is 0. The summed E-state index contributed by atoms with van der Waals surface area (Å²) in [5.41, 5.74) is 0. The number of hydrogen-bond donors (Lipinski definition) is 2. The van der Waals surface area contributed by atoms with E-state index in [1.165, 1.54) is 25.7 Å². The Balaban J connectivity index is 1.29.